The number of imide groups is 2. The Morgan fingerprint density at radius 2 is 1.56 bits per heavy atom. The molecule has 0 spiro atoms. The third-order valence-corrected chi connectivity index (χ3v) is 11.6. The number of fused-ring (bicyclic) bond motifs is 4. The van der Waals surface area contributed by atoms with Gasteiger partial charge >= 0.3 is 0 Å². The standard InChI is InChI=1S/C41H35ClN2O6/c1-3-23-15-17-26(18-16-23)43-37(46)29-20-19-28-30(34(29)39(43)48)22-31-38(47)44(27-12-7-11-25(42)21-27)40(49)41(31,24-9-5-4-6-10-24)36(28)35-32(45)13-8-14-33(35)50-2/h4-19,21,29-31,34,36,45H,3,20,22H2,1-2H3/t29-,30+,31-,34-,36+,41+/m0/s1. The molecule has 50 heavy (non-hydrogen) atoms. The zero-order valence-corrected chi connectivity index (χ0v) is 28.3. The van der Waals surface area contributed by atoms with Gasteiger partial charge in [-0.15, -0.1) is 0 Å². The number of hydrogen-bond donors (Lipinski definition) is 1. The fourth-order valence-corrected chi connectivity index (χ4v) is 9.38. The van der Waals surface area contributed by atoms with Crippen molar-refractivity contribution in [1.82, 2.24) is 0 Å². The van der Waals surface area contributed by atoms with Gasteiger partial charge in [0.15, 0.2) is 0 Å². The summed E-state index contributed by atoms with van der Waals surface area (Å²) in [5, 5.41) is 12.0. The number of benzene rings is 4. The maximum absolute atomic E-state index is 15.4. The summed E-state index contributed by atoms with van der Waals surface area (Å²) < 4.78 is 5.85. The Morgan fingerprint density at radius 3 is 2.26 bits per heavy atom. The molecule has 4 aromatic carbocycles. The second-order valence-electron chi connectivity index (χ2n) is 13.5. The van der Waals surface area contributed by atoms with Gasteiger partial charge in [-0.25, -0.2) is 4.90 Å². The van der Waals surface area contributed by atoms with E-state index in [1.807, 2.05) is 55.5 Å². The summed E-state index contributed by atoms with van der Waals surface area (Å²) in [4.78, 5) is 61.4. The molecule has 8 nitrogen and oxygen atoms in total. The molecule has 4 aromatic rings. The van der Waals surface area contributed by atoms with Crippen LogP contribution in [0.5, 0.6) is 11.5 Å². The lowest BCUT2D eigenvalue weighted by atomic mass is 9.49. The maximum Gasteiger partial charge on any atom is 0.246 e. The highest BCUT2D eigenvalue weighted by atomic mass is 35.5. The van der Waals surface area contributed by atoms with Crippen LogP contribution in [0.1, 0.15) is 42.4 Å². The Kier molecular flexibility index (Phi) is 7.68. The number of amides is 4. The van der Waals surface area contributed by atoms with Crippen LogP contribution in [0.25, 0.3) is 0 Å². The van der Waals surface area contributed by atoms with E-state index in [1.54, 1.807) is 54.6 Å². The average molecular weight is 687 g/mol. The molecule has 0 radical (unpaired) electrons. The number of hydrogen-bond acceptors (Lipinski definition) is 6. The average Bonchev–Trinajstić information content (AvgIpc) is 3.52. The van der Waals surface area contributed by atoms with Crippen LogP contribution in [0.2, 0.25) is 5.02 Å². The Labute approximate surface area is 294 Å². The second kappa shape index (κ2) is 12.0. The lowest BCUT2D eigenvalue weighted by Crippen LogP contribution is -2.53. The lowest BCUT2D eigenvalue weighted by molar-refractivity contribution is -0.127. The third-order valence-electron chi connectivity index (χ3n) is 11.3. The topological polar surface area (TPSA) is 104 Å². The van der Waals surface area contributed by atoms with Crippen LogP contribution in [-0.2, 0) is 31.0 Å². The molecule has 6 atom stereocenters. The van der Waals surface area contributed by atoms with Crippen LogP contribution in [0.3, 0.4) is 0 Å². The highest BCUT2D eigenvalue weighted by Crippen LogP contribution is 2.66. The van der Waals surface area contributed by atoms with Gasteiger partial charge in [-0.1, -0.05) is 84.8 Å². The number of aromatic hydroxyl groups is 1. The van der Waals surface area contributed by atoms with Gasteiger partial charge < -0.3 is 9.84 Å². The minimum absolute atomic E-state index is 0.0972. The zero-order valence-electron chi connectivity index (χ0n) is 27.6. The van der Waals surface area contributed by atoms with Crippen molar-refractivity contribution in [1.29, 1.82) is 0 Å². The van der Waals surface area contributed by atoms with Crippen LogP contribution in [0.4, 0.5) is 11.4 Å². The van der Waals surface area contributed by atoms with Gasteiger partial charge in [0.1, 0.15) is 11.5 Å². The molecule has 252 valence electrons. The molecule has 4 aliphatic rings. The summed E-state index contributed by atoms with van der Waals surface area (Å²) in [6.45, 7) is 2.04. The van der Waals surface area contributed by atoms with Crippen molar-refractivity contribution in [2.75, 3.05) is 16.9 Å². The Morgan fingerprint density at radius 1 is 0.820 bits per heavy atom. The first-order valence-electron chi connectivity index (χ1n) is 16.9. The quantitative estimate of drug-likeness (QED) is 0.173. The van der Waals surface area contributed by atoms with E-state index in [0.717, 1.165) is 17.6 Å². The fourth-order valence-electron chi connectivity index (χ4n) is 9.19. The second-order valence-corrected chi connectivity index (χ2v) is 14.0. The Balaban J connectivity index is 1.36. The molecule has 0 unspecified atom stereocenters. The Hall–Kier alpha value is -5.21. The molecule has 4 amide bonds. The number of halogens is 1. The van der Waals surface area contributed by atoms with Gasteiger partial charge in [-0.3, -0.25) is 24.1 Å². The first-order valence-corrected chi connectivity index (χ1v) is 17.3. The molecule has 1 N–H and O–H groups in total. The van der Waals surface area contributed by atoms with Crippen molar-refractivity contribution in [3.8, 4) is 11.5 Å². The van der Waals surface area contributed by atoms with Crippen LogP contribution < -0.4 is 14.5 Å². The van der Waals surface area contributed by atoms with E-state index in [9.17, 15) is 19.5 Å². The number of methoxy groups -OCH3 is 1. The van der Waals surface area contributed by atoms with Crippen molar-refractivity contribution >= 4 is 46.6 Å². The van der Waals surface area contributed by atoms with E-state index in [0.29, 0.717) is 33.3 Å². The number of anilines is 2. The van der Waals surface area contributed by atoms with E-state index < -0.39 is 46.8 Å². The first kappa shape index (κ1) is 32.0. The number of carbonyl (C=O) groups excluding carboxylic acids is 4. The molecular weight excluding hydrogens is 652 g/mol. The number of rotatable bonds is 6. The number of allylic oxidation sites excluding steroid dienone is 2. The van der Waals surface area contributed by atoms with Crippen molar-refractivity contribution < 1.29 is 29.0 Å². The van der Waals surface area contributed by atoms with Gasteiger partial charge in [-0.05, 0) is 78.8 Å². The van der Waals surface area contributed by atoms with Gasteiger partial charge in [0.2, 0.25) is 23.6 Å². The first-order chi connectivity index (χ1) is 24.2. The number of carbonyl (C=O) groups is 4. The number of phenolic OH excluding ortho intramolecular Hbond substituents is 1. The van der Waals surface area contributed by atoms with Gasteiger partial charge in [0, 0.05) is 16.5 Å². The van der Waals surface area contributed by atoms with E-state index >= 15 is 4.79 Å². The molecule has 0 bridgehead atoms. The molecule has 9 heteroatoms. The van der Waals surface area contributed by atoms with Gasteiger partial charge in [0.05, 0.1) is 41.7 Å². The van der Waals surface area contributed by atoms with Crippen LogP contribution in [0, 0.1) is 23.7 Å². The predicted molar refractivity (Wildman–Crippen MR) is 189 cm³/mol. The smallest absolute Gasteiger partial charge is 0.246 e. The van der Waals surface area contributed by atoms with Gasteiger partial charge in [-0.2, -0.15) is 0 Å². The lowest BCUT2D eigenvalue weighted by Gasteiger charge is -2.51. The minimum Gasteiger partial charge on any atom is -0.508 e. The predicted octanol–water partition coefficient (Wildman–Crippen LogP) is 6.98. The molecule has 2 saturated heterocycles. The molecule has 8 rings (SSSR count). The zero-order chi connectivity index (χ0) is 34.9. The molecule has 2 heterocycles. The summed E-state index contributed by atoms with van der Waals surface area (Å²) in [5.41, 5.74) is 2.12. The van der Waals surface area contributed by atoms with Crippen LogP contribution >= 0.6 is 11.6 Å². The highest BCUT2D eigenvalue weighted by molar-refractivity contribution is 6.32. The summed E-state index contributed by atoms with van der Waals surface area (Å²) >= 11 is 6.40. The summed E-state index contributed by atoms with van der Waals surface area (Å²) in [7, 11) is 1.50. The summed E-state index contributed by atoms with van der Waals surface area (Å²) in [6, 6.07) is 28.2. The van der Waals surface area contributed by atoms with Crippen molar-refractivity contribution in [3.05, 3.63) is 130 Å². The minimum atomic E-state index is -1.52. The molecule has 3 fully saturated rings. The molecular formula is C41H35ClN2O6. The van der Waals surface area contributed by atoms with Gasteiger partial charge in [0.25, 0.3) is 0 Å². The Bertz CT molecular complexity index is 2100. The molecule has 0 aromatic heterocycles. The summed E-state index contributed by atoms with van der Waals surface area (Å²) in [6.07, 6.45) is 3.21. The molecule has 2 aliphatic carbocycles. The van der Waals surface area contributed by atoms with Crippen molar-refractivity contribution in [2.24, 2.45) is 23.7 Å². The molecule has 2 aliphatic heterocycles. The van der Waals surface area contributed by atoms with Crippen molar-refractivity contribution in [3.63, 3.8) is 0 Å². The van der Waals surface area contributed by atoms with E-state index in [1.165, 1.54) is 16.9 Å². The maximum atomic E-state index is 15.4. The van der Waals surface area contributed by atoms with E-state index in [2.05, 4.69) is 0 Å². The van der Waals surface area contributed by atoms with E-state index in [-0.39, 0.29) is 30.4 Å². The van der Waals surface area contributed by atoms with Crippen LogP contribution in [0.15, 0.2) is 109 Å². The number of phenols is 1. The van der Waals surface area contributed by atoms with Crippen LogP contribution in [-0.4, -0.2) is 35.8 Å². The fraction of sp³-hybridized carbons (Fsp3) is 0.268. The van der Waals surface area contributed by atoms with Crippen molar-refractivity contribution in [2.45, 2.75) is 37.5 Å². The SMILES string of the molecule is CCc1ccc(N2C(=O)[C@H]3[C@H](CC=C4[C@H]3C[C@H]3C(=O)N(c5cccc(Cl)c5)C(=O)[C@@]3(c3ccccc3)[C@H]4c3c(O)cccc3OC)C2=O)cc1. The molecule has 1 saturated carbocycles. The number of aryl methyl sites for hydroxylation is 1. The monoisotopic (exact) mass is 686 g/mol. The summed E-state index contributed by atoms with van der Waals surface area (Å²) in [5.74, 6) is -5.05. The highest BCUT2D eigenvalue weighted by Gasteiger charge is 2.71. The normalized spacial score (nSPS) is 27.2. The van der Waals surface area contributed by atoms with E-state index in [4.69, 9.17) is 16.3 Å². The largest absolute Gasteiger partial charge is 0.508 e. The number of ether oxygens (including phenoxy) is 1. The third kappa shape index (κ3) is 4.44. The number of nitrogens with zero attached hydrogens (tertiary/aromatic N) is 2.